The summed E-state index contributed by atoms with van der Waals surface area (Å²) in [5, 5.41) is 12.1. The van der Waals surface area contributed by atoms with Gasteiger partial charge in [-0.25, -0.2) is 4.99 Å². The Morgan fingerprint density at radius 1 is 1.13 bits per heavy atom. The first-order chi connectivity index (χ1) is 18.6. The maximum Gasteiger partial charge on any atom is 0.306 e. The highest BCUT2D eigenvalue weighted by molar-refractivity contribution is 9.10. The Morgan fingerprint density at radius 3 is 2.44 bits per heavy atom. The van der Waals surface area contributed by atoms with Crippen molar-refractivity contribution < 1.29 is 28.9 Å². The van der Waals surface area contributed by atoms with Crippen LogP contribution in [0.4, 0.5) is 0 Å². The van der Waals surface area contributed by atoms with Crippen LogP contribution in [0.2, 0.25) is 0 Å². The van der Waals surface area contributed by atoms with E-state index < -0.39 is 17.2 Å². The van der Waals surface area contributed by atoms with E-state index in [1.807, 2.05) is 57.2 Å². The summed E-state index contributed by atoms with van der Waals surface area (Å²) < 4.78 is 18.6. The van der Waals surface area contributed by atoms with Crippen molar-refractivity contribution in [2.75, 3.05) is 19.8 Å². The second kappa shape index (κ2) is 12.5. The molecule has 0 bridgehead atoms. The Labute approximate surface area is 238 Å². The number of carbonyl (C=O) groups is 2. The molecule has 2 aromatic carbocycles. The van der Waals surface area contributed by atoms with E-state index in [2.05, 4.69) is 21.2 Å². The van der Waals surface area contributed by atoms with Gasteiger partial charge in [0, 0.05) is 36.0 Å². The molecule has 2 aromatic rings. The van der Waals surface area contributed by atoms with Crippen LogP contribution in [-0.4, -0.2) is 53.8 Å². The summed E-state index contributed by atoms with van der Waals surface area (Å²) >= 11 is 3.48. The van der Waals surface area contributed by atoms with Gasteiger partial charge in [0.2, 0.25) is 5.90 Å². The van der Waals surface area contributed by atoms with Crippen LogP contribution in [0, 0.1) is 5.92 Å². The highest BCUT2D eigenvalue weighted by atomic mass is 79.9. The van der Waals surface area contributed by atoms with E-state index in [4.69, 9.17) is 24.3 Å². The molecule has 2 atom stereocenters. The number of rotatable bonds is 12. The summed E-state index contributed by atoms with van der Waals surface area (Å²) in [7, 11) is 0. The Morgan fingerprint density at radius 2 is 1.82 bits per heavy atom. The standard InChI is InChI=1S/C30H37BrN2O6/c1-29(2,3)39-25(35)15-16-30(28(36)32-19-20-5-6-20)26(21-7-11-23(31)12-8-21)38-27(33-30)22-9-13-24(14-10-22)37-18-4-17-34/h7-14,20,26,34H,4-6,15-19H2,1-3H3,(H,32,36)/t26-,30-/m1/s1. The number of aliphatic hydroxyl groups is 1. The number of hydrogen-bond acceptors (Lipinski definition) is 7. The molecule has 1 aliphatic heterocycles. The first kappa shape index (κ1) is 29.1. The molecule has 1 heterocycles. The molecule has 4 rings (SSSR count). The minimum atomic E-state index is -1.36. The molecule has 1 saturated carbocycles. The lowest BCUT2D eigenvalue weighted by molar-refractivity contribution is -0.155. The molecule has 1 aliphatic carbocycles. The van der Waals surface area contributed by atoms with E-state index in [1.54, 1.807) is 12.1 Å². The third-order valence-corrected chi connectivity index (χ3v) is 7.11. The normalized spacial score (nSPS) is 20.6. The number of halogens is 1. The fraction of sp³-hybridized carbons (Fsp3) is 0.500. The van der Waals surface area contributed by atoms with Gasteiger partial charge in [-0.15, -0.1) is 0 Å². The van der Waals surface area contributed by atoms with E-state index >= 15 is 0 Å². The molecule has 1 amide bonds. The van der Waals surface area contributed by atoms with Crippen molar-refractivity contribution in [1.82, 2.24) is 5.32 Å². The zero-order valence-corrected chi connectivity index (χ0v) is 24.3. The summed E-state index contributed by atoms with van der Waals surface area (Å²) in [5.74, 6) is 0.820. The Hall–Kier alpha value is -2.91. The molecule has 0 unspecified atom stereocenters. The summed E-state index contributed by atoms with van der Waals surface area (Å²) in [6, 6.07) is 14.9. The van der Waals surface area contributed by atoms with E-state index in [0.717, 1.165) is 22.9 Å². The van der Waals surface area contributed by atoms with Crippen molar-refractivity contribution in [2.45, 2.75) is 70.1 Å². The number of ether oxygens (including phenoxy) is 3. The summed E-state index contributed by atoms with van der Waals surface area (Å²) in [4.78, 5) is 31.6. The first-order valence-electron chi connectivity index (χ1n) is 13.5. The second-order valence-electron chi connectivity index (χ2n) is 11.1. The van der Waals surface area contributed by atoms with Crippen LogP contribution in [-0.2, 0) is 19.1 Å². The molecule has 1 fully saturated rings. The van der Waals surface area contributed by atoms with Gasteiger partial charge in [0.05, 0.1) is 6.61 Å². The van der Waals surface area contributed by atoms with E-state index in [9.17, 15) is 9.59 Å². The molecule has 8 nitrogen and oxygen atoms in total. The number of nitrogens with one attached hydrogen (secondary N) is 1. The summed E-state index contributed by atoms with van der Waals surface area (Å²) in [6.45, 7) is 6.51. The smallest absolute Gasteiger partial charge is 0.306 e. The second-order valence-corrected chi connectivity index (χ2v) is 12.0. The fourth-order valence-electron chi connectivity index (χ4n) is 4.41. The Bertz CT molecular complexity index is 1170. The van der Waals surface area contributed by atoms with Crippen molar-refractivity contribution in [1.29, 1.82) is 0 Å². The highest BCUT2D eigenvalue weighted by Crippen LogP contribution is 2.44. The van der Waals surface area contributed by atoms with E-state index in [1.165, 1.54) is 0 Å². The van der Waals surface area contributed by atoms with Crippen LogP contribution in [0.1, 0.15) is 70.1 Å². The van der Waals surface area contributed by atoms with Crippen LogP contribution in [0.25, 0.3) is 0 Å². The zero-order chi connectivity index (χ0) is 28.0. The molecule has 0 radical (unpaired) electrons. The minimum absolute atomic E-state index is 0.0128. The molecule has 9 heteroatoms. The number of benzene rings is 2. The van der Waals surface area contributed by atoms with Crippen molar-refractivity contribution in [2.24, 2.45) is 10.9 Å². The predicted octanol–water partition coefficient (Wildman–Crippen LogP) is 5.12. The average Bonchev–Trinajstić information content (AvgIpc) is 3.64. The van der Waals surface area contributed by atoms with Crippen LogP contribution in [0.3, 0.4) is 0 Å². The lowest BCUT2D eigenvalue weighted by atomic mass is 9.83. The number of aliphatic hydroxyl groups excluding tert-OH is 1. The quantitative estimate of drug-likeness (QED) is 0.259. The predicted molar refractivity (Wildman–Crippen MR) is 152 cm³/mol. The lowest BCUT2D eigenvalue weighted by Crippen LogP contribution is -2.49. The summed E-state index contributed by atoms with van der Waals surface area (Å²) in [5.41, 5.74) is -0.511. The molecule has 0 spiro atoms. The third kappa shape index (κ3) is 7.82. The van der Waals surface area contributed by atoms with Gasteiger partial charge in [-0.3, -0.25) is 9.59 Å². The van der Waals surface area contributed by atoms with Crippen molar-refractivity contribution in [3.05, 3.63) is 64.1 Å². The number of hydrogen-bond donors (Lipinski definition) is 2. The lowest BCUT2D eigenvalue weighted by Gasteiger charge is -2.31. The largest absolute Gasteiger partial charge is 0.494 e. The number of carbonyl (C=O) groups excluding carboxylic acids is 2. The minimum Gasteiger partial charge on any atom is -0.494 e. The fourth-order valence-corrected chi connectivity index (χ4v) is 4.67. The van der Waals surface area contributed by atoms with E-state index in [0.29, 0.717) is 42.7 Å². The average molecular weight is 602 g/mol. The van der Waals surface area contributed by atoms with Gasteiger partial charge >= 0.3 is 5.97 Å². The van der Waals surface area contributed by atoms with Crippen molar-refractivity contribution >= 4 is 33.7 Å². The van der Waals surface area contributed by atoms with Gasteiger partial charge in [-0.05, 0) is 87.9 Å². The van der Waals surface area contributed by atoms with E-state index in [-0.39, 0.29) is 31.3 Å². The SMILES string of the molecule is CC(C)(C)OC(=O)CC[C@@]1(C(=O)NCC2CC2)N=C(c2ccc(OCCCO)cc2)O[C@@H]1c1ccc(Br)cc1. The molecular formula is C30H37BrN2O6. The van der Waals surface area contributed by atoms with Crippen molar-refractivity contribution in [3.8, 4) is 5.75 Å². The van der Waals surface area contributed by atoms with Gasteiger partial charge in [0.25, 0.3) is 5.91 Å². The highest BCUT2D eigenvalue weighted by Gasteiger charge is 2.53. The first-order valence-corrected chi connectivity index (χ1v) is 14.3. The monoisotopic (exact) mass is 600 g/mol. The number of nitrogens with zero attached hydrogens (tertiary/aromatic N) is 1. The van der Waals surface area contributed by atoms with Crippen molar-refractivity contribution in [3.63, 3.8) is 0 Å². The number of esters is 1. The van der Waals surface area contributed by atoms with Gasteiger partial charge in [0.15, 0.2) is 11.6 Å². The topological polar surface area (TPSA) is 106 Å². The maximum atomic E-state index is 13.9. The van der Waals surface area contributed by atoms with Crippen LogP contribution in [0.15, 0.2) is 58.0 Å². The third-order valence-electron chi connectivity index (χ3n) is 6.58. The summed E-state index contributed by atoms with van der Waals surface area (Å²) in [6.07, 6.45) is 2.15. The van der Waals surface area contributed by atoms with Gasteiger partial charge in [0.1, 0.15) is 11.4 Å². The molecule has 2 aliphatic rings. The molecule has 39 heavy (non-hydrogen) atoms. The van der Waals surface area contributed by atoms with Crippen LogP contribution in [0.5, 0.6) is 5.75 Å². The van der Waals surface area contributed by atoms with Gasteiger partial charge < -0.3 is 24.6 Å². The van der Waals surface area contributed by atoms with Crippen LogP contribution < -0.4 is 10.1 Å². The van der Waals surface area contributed by atoms with Gasteiger partial charge in [-0.1, -0.05) is 28.1 Å². The molecule has 0 aromatic heterocycles. The molecular weight excluding hydrogens is 564 g/mol. The number of aliphatic imine (C=N–C) groups is 1. The Balaban J connectivity index is 1.67. The van der Waals surface area contributed by atoms with Crippen LogP contribution >= 0.6 is 15.9 Å². The molecule has 0 saturated heterocycles. The molecule has 210 valence electrons. The van der Waals surface area contributed by atoms with Gasteiger partial charge in [-0.2, -0.15) is 0 Å². The number of amides is 1. The Kier molecular flexibility index (Phi) is 9.33. The molecule has 2 N–H and O–H groups in total. The maximum absolute atomic E-state index is 13.9. The zero-order valence-electron chi connectivity index (χ0n) is 22.7.